The molecule has 0 aliphatic heterocycles. The molecule has 3 aromatic carbocycles. The summed E-state index contributed by atoms with van der Waals surface area (Å²) in [5.74, 6) is -2.42. The molecule has 0 bridgehead atoms. The number of nitrogens with zero attached hydrogens (tertiary/aromatic N) is 1. The summed E-state index contributed by atoms with van der Waals surface area (Å²) < 4.78 is 33.9. The highest BCUT2D eigenvalue weighted by Crippen LogP contribution is 2.35. The first kappa shape index (κ1) is 34.5. The molecular weight excluding hydrogens is 636 g/mol. The van der Waals surface area contributed by atoms with Gasteiger partial charge in [-0.1, -0.05) is 42.5 Å². The Morgan fingerprint density at radius 3 is 2.29 bits per heavy atom. The van der Waals surface area contributed by atoms with Gasteiger partial charge < -0.3 is 25.8 Å². The quantitative estimate of drug-likeness (QED) is 0.119. The van der Waals surface area contributed by atoms with E-state index in [9.17, 15) is 28.7 Å². The number of imide groups is 1. The Hall–Kier alpha value is -5.85. The molecule has 0 saturated heterocycles. The van der Waals surface area contributed by atoms with Gasteiger partial charge in [0.05, 0.1) is 12.6 Å². The molecule has 1 unspecified atom stereocenters. The molecule has 5 rings (SSSR count). The number of carboxylic acid groups (broad SMARTS) is 1. The maximum Gasteiger partial charge on any atom is 0.404 e. The number of ether oxygens (including phenoxy) is 1. The fourth-order valence-electron chi connectivity index (χ4n) is 5.85. The van der Waals surface area contributed by atoms with Gasteiger partial charge >= 0.3 is 12.1 Å². The van der Waals surface area contributed by atoms with Gasteiger partial charge in [-0.3, -0.25) is 19.9 Å². The summed E-state index contributed by atoms with van der Waals surface area (Å²) in [6, 6.07) is 18.9. The van der Waals surface area contributed by atoms with Crippen LogP contribution in [-0.4, -0.2) is 40.1 Å². The normalized spacial score (nSPS) is 16.1. The van der Waals surface area contributed by atoms with Crippen molar-refractivity contribution in [2.45, 2.75) is 44.6 Å². The van der Waals surface area contributed by atoms with Gasteiger partial charge in [-0.25, -0.2) is 18.4 Å². The molecule has 5 N–H and O–H groups in total. The highest BCUT2D eigenvalue weighted by Gasteiger charge is 2.32. The fourth-order valence-corrected chi connectivity index (χ4v) is 5.85. The van der Waals surface area contributed by atoms with Crippen molar-refractivity contribution in [3.63, 3.8) is 0 Å². The van der Waals surface area contributed by atoms with Crippen molar-refractivity contribution in [1.82, 2.24) is 15.6 Å². The molecule has 1 aliphatic carbocycles. The van der Waals surface area contributed by atoms with E-state index < -0.39 is 29.7 Å². The lowest BCUT2D eigenvalue weighted by Gasteiger charge is -2.33. The molecule has 5 amide bonds. The molecule has 1 saturated carbocycles. The zero-order valence-electron chi connectivity index (χ0n) is 26.3. The molecular formula is C36H35F2N5O6. The van der Waals surface area contributed by atoms with E-state index in [0.717, 1.165) is 11.6 Å². The van der Waals surface area contributed by atoms with Gasteiger partial charge in [-0.05, 0) is 73.4 Å². The lowest BCUT2D eigenvalue weighted by atomic mass is 9.76. The van der Waals surface area contributed by atoms with E-state index in [1.807, 2.05) is 30.3 Å². The zero-order valence-corrected chi connectivity index (χ0v) is 26.3. The molecule has 11 nitrogen and oxygen atoms in total. The van der Waals surface area contributed by atoms with Crippen LogP contribution in [0.15, 0.2) is 91.3 Å². The number of benzene rings is 3. The van der Waals surface area contributed by atoms with Crippen LogP contribution in [0.5, 0.6) is 11.5 Å². The predicted octanol–water partition coefficient (Wildman–Crippen LogP) is 6.67. The molecule has 13 heteroatoms. The third-order valence-electron chi connectivity index (χ3n) is 8.30. The molecule has 4 aromatic rings. The van der Waals surface area contributed by atoms with Gasteiger partial charge in [0.2, 0.25) is 11.8 Å². The van der Waals surface area contributed by atoms with Crippen molar-refractivity contribution < 1.29 is 37.8 Å². The smallest absolute Gasteiger partial charge is 0.404 e. The van der Waals surface area contributed by atoms with E-state index in [2.05, 4.69) is 26.3 Å². The third-order valence-corrected chi connectivity index (χ3v) is 8.30. The highest BCUT2D eigenvalue weighted by molar-refractivity contribution is 6.01. The number of anilines is 2. The Balaban J connectivity index is 1.14. The van der Waals surface area contributed by atoms with E-state index >= 15 is 4.39 Å². The first-order chi connectivity index (χ1) is 23.6. The molecule has 0 radical (unpaired) electrons. The van der Waals surface area contributed by atoms with Gasteiger partial charge in [0.15, 0.2) is 17.3 Å². The van der Waals surface area contributed by atoms with Crippen LogP contribution >= 0.6 is 0 Å². The highest BCUT2D eigenvalue weighted by atomic mass is 19.1. The summed E-state index contributed by atoms with van der Waals surface area (Å²) in [5.41, 5.74) is 1.84. The van der Waals surface area contributed by atoms with E-state index in [1.165, 1.54) is 54.9 Å². The fraction of sp³-hybridized carbons (Fsp3) is 0.250. The minimum atomic E-state index is -1.08. The molecule has 1 fully saturated rings. The van der Waals surface area contributed by atoms with Gasteiger partial charge in [0.25, 0.3) is 0 Å². The monoisotopic (exact) mass is 671 g/mol. The maximum absolute atomic E-state index is 15.0. The second kappa shape index (κ2) is 16.3. The van der Waals surface area contributed by atoms with E-state index in [1.54, 1.807) is 0 Å². The predicted molar refractivity (Wildman–Crippen MR) is 177 cm³/mol. The van der Waals surface area contributed by atoms with Crippen molar-refractivity contribution in [2.75, 3.05) is 10.6 Å². The van der Waals surface area contributed by atoms with Crippen LogP contribution in [0.2, 0.25) is 0 Å². The average Bonchev–Trinajstić information content (AvgIpc) is 3.08. The standard InChI is InChI=1S/C36H35F2N5O6/c37-26-12-6-23(7-13-26)19-33(44)43-35(46)40-27-14-15-31(28(38)20-27)49-32-16-17-39-21-30(32)41-34(45)25-10-8-24(9-11-25)29(42-36(47)48)18-22-4-2-1-3-5-22/h1-7,12-17,20-21,24-25,29,42H,8-11,18-19H2,(H,41,45)(H,47,48)(H2,40,43,44,46). The summed E-state index contributed by atoms with van der Waals surface area (Å²) in [6.07, 6.45) is 4.61. The lowest BCUT2D eigenvalue weighted by molar-refractivity contribution is -0.121. The summed E-state index contributed by atoms with van der Waals surface area (Å²) in [4.78, 5) is 53.2. The number of nitrogens with one attached hydrogen (secondary N) is 4. The average molecular weight is 672 g/mol. The van der Waals surface area contributed by atoms with E-state index in [0.29, 0.717) is 37.7 Å². The van der Waals surface area contributed by atoms with Gasteiger partial charge in [-0.15, -0.1) is 0 Å². The zero-order chi connectivity index (χ0) is 34.8. The van der Waals surface area contributed by atoms with Crippen molar-refractivity contribution in [3.05, 3.63) is 114 Å². The number of aromatic nitrogens is 1. The largest absolute Gasteiger partial charge is 0.465 e. The molecule has 1 heterocycles. The number of pyridine rings is 1. The number of carbonyl (C=O) groups excluding carboxylic acids is 3. The van der Waals surface area contributed by atoms with Crippen LogP contribution in [0.3, 0.4) is 0 Å². The van der Waals surface area contributed by atoms with Crippen LogP contribution in [-0.2, 0) is 22.4 Å². The Morgan fingerprint density at radius 2 is 1.59 bits per heavy atom. The van der Waals surface area contributed by atoms with Crippen molar-refractivity contribution in [2.24, 2.45) is 11.8 Å². The number of carbonyl (C=O) groups is 4. The first-order valence-corrected chi connectivity index (χ1v) is 15.7. The van der Waals surface area contributed by atoms with E-state index in [-0.39, 0.29) is 53.1 Å². The third kappa shape index (κ3) is 10.1. The van der Waals surface area contributed by atoms with Crippen LogP contribution in [0, 0.1) is 23.5 Å². The number of amides is 5. The van der Waals surface area contributed by atoms with Crippen LogP contribution < -0.4 is 26.0 Å². The minimum Gasteiger partial charge on any atom is -0.465 e. The van der Waals surface area contributed by atoms with Crippen LogP contribution in [0.4, 0.5) is 29.7 Å². The number of rotatable bonds is 11. The Morgan fingerprint density at radius 1 is 0.857 bits per heavy atom. The molecule has 1 aliphatic rings. The summed E-state index contributed by atoms with van der Waals surface area (Å²) >= 11 is 0. The SMILES string of the molecule is O=C(O)NC(Cc1ccccc1)C1CCC(C(=O)Nc2cnccc2Oc2ccc(NC(=O)NC(=O)Cc3ccc(F)cc3)cc2F)CC1. The lowest BCUT2D eigenvalue weighted by Crippen LogP contribution is -2.43. The van der Waals surface area contributed by atoms with Gasteiger partial charge in [0, 0.05) is 36.0 Å². The Labute approximate surface area is 281 Å². The number of hydrogen-bond donors (Lipinski definition) is 5. The van der Waals surface area contributed by atoms with Crippen molar-refractivity contribution in [3.8, 4) is 11.5 Å². The molecule has 1 aromatic heterocycles. The van der Waals surface area contributed by atoms with Crippen LogP contribution in [0.25, 0.3) is 0 Å². The Kier molecular flexibility index (Phi) is 11.5. The summed E-state index contributed by atoms with van der Waals surface area (Å²) in [6.45, 7) is 0. The van der Waals surface area contributed by atoms with Crippen molar-refractivity contribution >= 4 is 35.3 Å². The number of hydrogen-bond acceptors (Lipinski definition) is 6. The topological polar surface area (TPSA) is 159 Å². The second-order valence-corrected chi connectivity index (χ2v) is 11.8. The summed E-state index contributed by atoms with van der Waals surface area (Å²) in [5, 5.41) is 19.4. The first-order valence-electron chi connectivity index (χ1n) is 15.7. The van der Waals surface area contributed by atoms with Gasteiger partial charge in [-0.2, -0.15) is 0 Å². The van der Waals surface area contributed by atoms with Crippen molar-refractivity contribution in [1.29, 1.82) is 0 Å². The summed E-state index contributed by atoms with van der Waals surface area (Å²) in [7, 11) is 0. The molecule has 1 atom stereocenters. The minimum absolute atomic E-state index is 0.0559. The van der Waals surface area contributed by atoms with E-state index in [4.69, 9.17) is 4.74 Å². The molecule has 49 heavy (non-hydrogen) atoms. The van der Waals surface area contributed by atoms with Gasteiger partial charge in [0.1, 0.15) is 11.5 Å². The van der Waals surface area contributed by atoms with Crippen LogP contribution in [0.1, 0.15) is 36.8 Å². The maximum atomic E-state index is 15.0. The second-order valence-electron chi connectivity index (χ2n) is 11.8. The molecule has 0 spiro atoms. The number of halogens is 2. The number of urea groups is 1. The molecule has 254 valence electrons. The Bertz CT molecular complexity index is 1780.